The monoisotopic (exact) mass is 831 g/mol. The molecule has 2 aromatic heterocycles. The second-order valence-electron chi connectivity index (χ2n) is 17.7. The molecule has 4 aromatic rings. The second kappa shape index (κ2) is 14.3. The molecule has 8 rings (SSSR count). The summed E-state index contributed by atoms with van der Waals surface area (Å²) in [6, 6.07) is 3.91. The number of rotatable bonds is 6. The average Bonchev–Trinajstić information content (AvgIpc) is 3.84. The van der Waals surface area contributed by atoms with Crippen LogP contribution in [-0.2, 0) is 15.7 Å². The van der Waals surface area contributed by atoms with Crippen LogP contribution in [0, 0.1) is 5.82 Å². The number of benzene rings is 2. The zero-order chi connectivity index (χ0) is 41.5. The topological polar surface area (TPSA) is 122 Å². The number of carbonyl (C=O) groups is 2. The fourth-order valence-corrected chi connectivity index (χ4v) is 9.76. The van der Waals surface area contributed by atoms with Crippen molar-refractivity contribution in [2.24, 2.45) is 0 Å². The third kappa shape index (κ3) is 7.80. The summed E-state index contributed by atoms with van der Waals surface area (Å²) in [6.07, 6.45) is -3.95. The molecule has 58 heavy (non-hydrogen) atoms. The number of nitrogens with one attached hydrogen (secondary N) is 1. The van der Waals surface area contributed by atoms with E-state index in [-0.39, 0.29) is 81.0 Å². The molecule has 2 bridgehead atoms. The Morgan fingerprint density at radius 3 is 2.33 bits per heavy atom. The number of hydrogen-bond donors (Lipinski definition) is 1. The van der Waals surface area contributed by atoms with Crippen LogP contribution >= 0.6 is 11.3 Å². The first kappa shape index (κ1) is 40.2. The first-order chi connectivity index (χ1) is 27.2. The van der Waals surface area contributed by atoms with Crippen LogP contribution in [-0.4, -0.2) is 105 Å². The van der Waals surface area contributed by atoms with Gasteiger partial charge in [0.15, 0.2) is 5.13 Å². The number of halogens is 5. The zero-order valence-corrected chi connectivity index (χ0v) is 34.0. The normalized spacial score (nSPS) is 23.8. The predicted molar refractivity (Wildman–Crippen MR) is 209 cm³/mol. The van der Waals surface area contributed by atoms with Crippen molar-refractivity contribution in [3.63, 3.8) is 0 Å². The van der Waals surface area contributed by atoms with Gasteiger partial charge in [-0.05, 0) is 104 Å². The van der Waals surface area contributed by atoms with E-state index in [9.17, 15) is 14.0 Å². The molecule has 12 nitrogen and oxygen atoms in total. The van der Waals surface area contributed by atoms with Crippen LogP contribution in [0.25, 0.3) is 32.2 Å². The third-order valence-electron chi connectivity index (χ3n) is 11.1. The zero-order valence-electron chi connectivity index (χ0n) is 33.1. The Kier molecular flexibility index (Phi) is 9.92. The van der Waals surface area contributed by atoms with E-state index in [4.69, 9.17) is 19.2 Å². The molecule has 4 aliphatic heterocycles. The first-order valence-corrected chi connectivity index (χ1v) is 20.3. The van der Waals surface area contributed by atoms with E-state index in [1.165, 1.54) is 12.1 Å². The van der Waals surface area contributed by atoms with E-state index in [2.05, 4.69) is 20.2 Å². The van der Waals surface area contributed by atoms with Crippen molar-refractivity contribution in [3.8, 4) is 17.1 Å². The van der Waals surface area contributed by atoms with Gasteiger partial charge >= 0.3 is 24.4 Å². The maximum atomic E-state index is 15.3. The summed E-state index contributed by atoms with van der Waals surface area (Å²) in [5, 5.41) is 2.50. The van der Waals surface area contributed by atoms with Gasteiger partial charge in [-0.15, -0.1) is 0 Å². The van der Waals surface area contributed by atoms with Gasteiger partial charge in [0.05, 0.1) is 38.9 Å². The molecule has 18 heteroatoms. The van der Waals surface area contributed by atoms with Crippen LogP contribution in [0.5, 0.6) is 6.01 Å². The number of nitrogens with zero attached hydrogens (tertiary/aromatic N) is 6. The molecule has 4 fully saturated rings. The molecule has 0 radical (unpaired) electrons. The summed E-state index contributed by atoms with van der Waals surface area (Å²) in [4.78, 5) is 45.3. The molecule has 0 saturated carbocycles. The van der Waals surface area contributed by atoms with E-state index < -0.39 is 52.7 Å². The Labute approximate surface area is 336 Å². The smallest absolute Gasteiger partial charge is 0.417 e. The Morgan fingerprint density at radius 1 is 0.948 bits per heavy atom. The predicted octanol–water partition coefficient (Wildman–Crippen LogP) is 8.95. The van der Waals surface area contributed by atoms with Crippen LogP contribution in [0.15, 0.2) is 24.3 Å². The van der Waals surface area contributed by atoms with Gasteiger partial charge in [0, 0.05) is 37.0 Å². The van der Waals surface area contributed by atoms with E-state index >= 15 is 17.6 Å². The molecule has 6 heterocycles. The number of amides is 2. The van der Waals surface area contributed by atoms with Crippen molar-refractivity contribution in [1.82, 2.24) is 24.8 Å². The molecule has 1 N–H and O–H groups in total. The first-order valence-electron chi connectivity index (χ1n) is 19.5. The number of alkyl halides is 4. The van der Waals surface area contributed by atoms with Crippen molar-refractivity contribution >= 4 is 55.6 Å². The van der Waals surface area contributed by atoms with Crippen molar-refractivity contribution in [3.05, 3.63) is 35.6 Å². The van der Waals surface area contributed by atoms with E-state index in [1.807, 2.05) is 4.90 Å². The number of fused-ring (bicyclic) bond motifs is 5. The maximum absolute atomic E-state index is 15.3. The van der Waals surface area contributed by atoms with Gasteiger partial charge in [0.1, 0.15) is 35.6 Å². The lowest BCUT2D eigenvalue weighted by molar-refractivity contribution is -0.137. The summed E-state index contributed by atoms with van der Waals surface area (Å²) in [5.41, 5.74) is -3.46. The molecule has 4 atom stereocenters. The van der Waals surface area contributed by atoms with Crippen LogP contribution in [0.3, 0.4) is 0 Å². The van der Waals surface area contributed by atoms with Gasteiger partial charge in [-0.25, -0.2) is 23.4 Å². The van der Waals surface area contributed by atoms with E-state index in [1.54, 1.807) is 46.4 Å². The Hall–Kier alpha value is -4.58. The average molecular weight is 832 g/mol. The largest absolute Gasteiger partial charge is 0.461 e. The molecule has 0 spiro atoms. The quantitative estimate of drug-likeness (QED) is 0.189. The van der Waals surface area contributed by atoms with Gasteiger partial charge in [0.25, 0.3) is 0 Å². The summed E-state index contributed by atoms with van der Waals surface area (Å²) in [7, 11) is 0. The summed E-state index contributed by atoms with van der Waals surface area (Å²) >= 11 is 0.765. The third-order valence-corrected chi connectivity index (χ3v) is 12.1. The van der Waals surface area contributed by atoms with Gasteiger partial charge < -0.3 is 19.1 Å². The molecule has 4 aliphatic rings. The summed E-state index contributed by atoms with van der Waals surface area (Å²) in [6.45, 7) is 12.0. The molecule has 0 aliphatic carbocycles. The lowest BCUT2D eigenvalue weighted by Gasteiger charge is -2.42. The summed E-state index contributed by atoms with van der Waals surface area (Å²) < 4.78 is 92.9. The molecule has 312 valence electrons. The number of piperazine rings is 1. The summed E-state index contributed by atoms with van der Waals surface area (Å²) in [5.74, 6) is -0.527. The fourth-order valence-electron chi connectivity index (χ4n) is 8.88. The fraction of sp³-hybridized carbons (Fsp3) is 0.575. The highest BCUT2D eigenvalue weighted by Crippen LogP contribution is 2.46. The molecular formula is C40H46F5N7O5S. The molecular weight excluding hydrogens is 786 g/mol. The van der Waals surface area contributed by atoms with Gasteiger partial charge in [0.2, 0.25) is 0 Å². The lowest BCUT2D eigenvalue weighted by Crippen LogP contribution is -2.57. The molecule has 2 aromatic carbocycles. The van der Waals surface area contributed by atoms with Crippen molar-refractivity contribution in [2.75, 3.05) is 43.0 Å². The highest BCUT2D eigenvalue weighted by molar-refractivity contribution is 7.22. The van der Waals surface area contributed by atoms with Crippen LogP contribution in [0.2, 0.25) is 0 Å². The number of hydrogen-bond acceptors (Lipinski definition) is 11. The number of anilines is 2. The minimum Gasteiger partial charge on any atom is -0.461 e. The van der Waals surface area contributed by atoms with Crippen molar-refractivity contribution < 1.29 is 45.8 Å². The second-order valence-corrected chi connectivity index (χ2v) is 18.7. The standard InChI is InChI=1S/C40H46F5N7O5S/c1-37(2,3)56-35(53)49-34-47-30-24(10-11-28(42)31(30)58-34)25-15-29-26(14-27(25)40(43,44)45)32(48-33(46-29)55-20-39-12-7-13-51(39)17-21(41)16-39)50-18-22-8-9-23(19-50)52(22)36(54)57-38(4,5)6/h10-11,14-15,21-23H,7-9,12-13,16-20H2,1-6H3,(H,47,49,53)/t21-,22?,23?,39+/m1/s1. The van der Waals surface area contributed by atoms with E-state index in [0.29, 0.717) is 25.8 Å². The number of aromatic nitrogens is 3. The Balaban J connectivity index is 1.23. The molecule has 2 amide bonds. The minimum absolute atomic E-state index is 0.0359. The van der Waals surface area contributed by atoms with Gasteiger partial charge in [-0.2, -0.15) is 23.1 Å². The molecule has 2 unspecified atom stereocenters. The van der Waals surface area contributed by atoms with Crippen LogP contribution in [0.4, 0.5) is 42.5 Å². The Morgan fingerprint density at radius 2 is 1.66 bits per heavy atom. The SMILES string of the molecule is CC(C)(C)OC(=O)Nc1nc2c(-c3cc4nc(OC[C@@]56CCCN5C[C@H](F)C6)nc(N5CC6CCC(C5)N6C(=O)OC(C)(C)C)c4cc3C(F)(F)F)ccc(F)c2s1. The van der Waals surface area contributed by atoms with E-state index in [0.717, 1.165) is 42.9 Å². The van der Waals surface area contributed by atoms with Gasteiger partial charge in [-0.3, -0.25) is 15.1 Å². The van der Waals surface area contributed by atoms with Crippen molar-refractivity contribution in [1.29, 1.82) is 0 Å². The molecule has 4 saturated heterocycles. The number of ether oxygens (including phenoxy) is 3. The van der Waals surface area contributed by atoms with Crippen LogP contribution in [0.1, 0.15) is 79.2 Å². The number of thiazole rings is 1. The highest BCUT2D eigenvalue weighted by Gasteiger charge is 2.50. The maximum Gasteiger partial charge on any atom is 0.417 e. The lowest BCUT2D eigenvalue weighted by atomic mass is 9.95. The van der Waals surface area contributed by atoms with Crippen LogP contribution < -0.4 is 15.0 Å². The van der Waals surface area contributed by atoms with Crippen molar-refractivity contribution in [2.45, 2.75) is 115 Å². The number of carbonyl (C=O) groups excluding carboxylic acids is 2. The Bertz CT molecular complexity index is 2260. The highest BCUT2D eigenvalue weighted by atomic mass is 32.1. The van der Waals surface area contributed by atoms with Gasteiger partial charge in [-0.1, -0.05) is 11.3 Å². The minimum atomic E-state index is -4.89.